The average Bonchev–Trinajstić information content (AvgIpc) is 3.20. The minimum absolute atomic E-state index is 0.281. The Balaban J connectivity index is 1.54. The van der Waals surface area contributed by atoms with E-state index in [1.165, 1.54) is 49.7 Å². The zero-order valence-corrected chi connectivity index (χ0v) is 20.2. The van der Waals surface area contributed by atoms with Gasteiger partial charge in [0.05, 0.1) is 11.0 Å². The maximum atomic E-state index is 14.1. The molecule has 5 rings (SSSR count). The Hall–Kier alpha value is -2.62. The number of carbonyl (C=O) groups excluding carboxylic acids is 1. The van der Waals surface area contributed by atoms with Gasteiger partial charge >= 0.3 is 0 Å². The van der Waals surface area contributed by atoms with Crippen molar-refractivity contribution in [2.75, 3.05) is 0 Å². The molecule has 2 saturated carbocycles. The van der Waals surface area contributed by atoms with Crippen LogP contribution in [0.5, 0.6) is 0 Å². The molecular formula is C29H37N3O. The second-order valence-corrected chi connectivity index (χ2v) is 10.1. The molecule has 1 heterocycles. The Bertz CT molecular complexity index is 1100. The predicted molar refractivity (Wildman–Crippen MR) is 135 cm³/mol. The third kappa shape index (κ3) is 4.45. The molecule has 2 aliphatic rings. The summed E-state index contributed by atoms with van der Waals surface area (Å²) in [6.07, 6.45) is 12.3. The predicted octanol–water partition coefficient (Wildman–Crippen LogP) is 6.81. The van der Waals surface area contributed by atoms with Gasteiger partial charge in [0.15, 0.2) is 0 Å². The number of para-hydroxylation sites is 2. The highest BCUT2D eigenvalue weighted by Crippen LogP contribution is 2.32. The van der Waals surface area contributed by atoms with Crippen LogP contribution in [0.25, 0.3) is 22.4 Å². The van der Waals surface area contributed by atoms with Crippen molar-refractivity contribution in [3.63, 3.8) is 0 Å². The average molecular weight is 444 g/mol. The van der Waals surface area contributed by atoms with E-state index in [1.807, 2.05) is 6.07 Å². The van der Waals surface area contributed by atoms with Crippen LogP contribution in [0.4, 0.5) is 0 Å². The molecule has 2 fully saturated rings. The van der Waals surface area contributed by atoms with E-state index in [1.54, 1.807) is 0 Å². The first-order valence-corrected chi connectivity index (χ1v) is 13.0. The highest BCUT2D eigenvalue weighted by molar-refractivity contribution is 5.85. The van der Waals surface area contributed by atoms with E-state index in [0.717, 1.165) is 48.1 Å². The van der Waals surface area contributed by atoms with E-state index in [2.05, 4.69) is 59.7 Å². The number of hydrogen-bond donors (Lipinski definition) is 0. The molecule has 0 spiro atoms. The summed E-state index contributed by atoms with van der Waals surface area (Å²) < 4.78 is 2.18. The van der Waals surface area contributed by atoms with Crippen molar-refractivity contribution >= 4 is 16.9 Å². The first kappa shape index (κ1) is 22.2. The molecule has 0 unspecified atom stereocenters. The summed E-state index contributed by atoms with van der Waals surface area (Å²) in [5, 5.41) is 0. The van der Waals surface area contributed by atoms with Crippen LogP contribution >= 0.6 is 0 Å². The SMILES string of the molecule is Cc1cccc(-c2nc3ccccc3n2CC(=O)N(C2CCCCC2)C2CCCCC2)c1C. The van der Waals surface area contributed by atoms with Crippen LogP contribution in [0.3, 0.4) is 0 Å². The van der Waals surface area contributed by atoms with Gasteiger partial charge in [-0.05, 0) is 62.8 Å². The van der Waals surface area contributed by atoms with Gasteiger partial charge in [0.2, 0.25) is 5.91 Å². The van der Waals surface area contributed by atoms with Crippen LogP contribution in [-0.4, -0.2) is 32.4 Å². The van der Waals surface area contributed by atoms with E-state index in [0.29, 0.717) is 18.6 Å². The molecule has 2 aliphatic carbocycles. The van der Waals surface area contributed by atoms with Gasteiger partial charge in [0.1, 0.15) is 12.4 Å². The summed E-state index contributed by atoms with van der Waals surface area (Å²) in [5.74, 6) is 1.20. The molecule has 0 bridgehead atoms. The molecule has 3 aromatic rings. The lowest BCUT2D eigenvalue weighted by Crippen LogP contribution is -2.50. The number of carbonyl (C=O) groups is 1. The van der Waals surface area contributed by atoms with Crippen molar-refractivity contribution in [3.05, 3.63) is 53.6 Å². The fraction of sp³-hybridized carbons (Fsp3) is 0.517. The van der Waals surface area contributed by atoms with E-state index >= 15 is 0 Å². The van der Waals surface area contributed by atoms with Crippen LogP contribution < -0.4 is 0 Å². The van der Waals surface area contributed by atoms with Crippen molar-refractivity contribution < 1.29 is 4.79 Å². The fourth-order valence-corrected chi connectivity index (χ4v) is 6.08. The first-order chi connectivity index (χ1) is 16.1. The smallest absolute Gasteiger partial charge is 0.243 e. The lowest BCUT2D eigenvalue weighted by molar-refractivity contribution is -0.138. The summed E-state index contributed by atoms with van der Waals surface area (Å²) in [6.45, 7) is 4.67. The number of amides is 1. The molecule has 0 atom stereocenters. The number of nitrogens with zero attached hydrogens (tertiary/aromatic N) is 3. The fourth-order valence-electron chi connectivity index (χ4n) is 6.08. The number of benzene rings is 2. The Morgan fingerprint density at radius 2 is 1.52 bits per heavy atom. The van der Waals surface area contributed by atoms with Crippen LogP contribution in [0.1, 0.15) is 75.3 Å². The van der Waals surface area contributed by atoms with Gasteiger partial charge in [-0.3, -0.25) is 4.79 Å². The van der Waals surface area contributed by atoms with Crippen LogP contribution in [0.2, 0.25) is 0 Å². The normalized spacial score (nSPS) is 18.0. The van der Waals surface area contributed by atoms with E-state index in [-0.39, 0.29) is 5.91 Å². The Kier molecular flexibility index (Phi) is 6.52. The van der Waals surface area contributed by atoms with Gasteiger partial charge < -0.3 is 9.47 Å². The quantitative estimate of drug-likeness (QED) is 0.434. The number of aromatic nitrogens is 2. The minimum atomic E-state index is 0.281. The van der Waals surface area contributed by atoms with Gasteiger partial charge in [-0.2, -0.15) is 0 Å². The highest BCUT2D eigenvalue weighted by atomic mass is 16.2. The maximum absolute atomic E-state index is 14.1. The monoisotopic (exact) mass is 443 g/mol. The minimum Gasteiger partial charge on any atom is -0.335 e. The number of hydrogen-bond acceptors (Lipinski definition) is 2. The van der Waals surface area contributed by atoms with Crippen LogP contribution in [0.15, 0.2) is 42.5 Å². The summed E-state index contributed by atoms with van der Waals surface area (Å²) in [4.78, 5) is 21.4. The van der Waals surface area contributed by atoms with Crippen molar-refractivity contribution in [2.45, 2.75) is 96.7 Å². The summed E-state index contributed by atoms with van der Waals surface area (Å²) in [5.41, 5.74) is 5.62. The lowest BCUT2D eigenvalue weighted by Gasteiger charge is -2.42. The van der Waals surface area contributed by atoms with Gasteiger partial charge in [-0.1, -0.05) is 68.9 Å². The number of aryl methyl sites for hydroxylation is 1. The molecule has 0 N–H and O–H groups in total. The highest BCUT2D eigenvalue weighted by Gasteiger charge is 2.33. The standard InChI is InChI=1S/C29H37N3O/c1-21-12-11-17-25(22(21)2)29-30-26-18-9-10-19-27(26)31(29)20-28(33)32(23-13-5-3-6-14-23)24-15-7-4-8-16-24/h9-12,17-19,23-24H,3-8,13-16,20H2,1-2H3. The molecule has 4 nitrogen and oxygen atoms in total. The molecule has 0 radical (unpaired) electrons. The molecule has 4 heteroatoms. The van der Waals surface area contributed by atoms with Crippen LogP contribution in [-0.2, 0) is 11.3 Å². The molecule has 1 aromatic heterocycles. The second-order valence-electron chi connectivity index (χ2n) is 10.1. The van der Waals surface area contributed by atoms with Crippen LogP contribution in [0, 0.1) is 13.8 Å². The molecule has 1 amide bonds. The van der Waals surface area contributed by atoms with Gasteiger partial charge in [-0.15, -0.1) is 0 Å². The zero-order chi connectivity index (χ0) is 22.8. The van der Waals surface area contributed by atoms with Gasteiger partial charge in [-0.25, -0.2) is 4.98 Å². The Morgan fingerprint density at radius 1 is 0.879 bits per heavy atom. The summed E-state index contributed by atoms with van der Waals surface area (Å²) >= 11 is 0. The van der Waals surface area contributed by atoms with Crippen molar-refractivity contribution in [2.24, 2.45) is 0 Å². The lowest BCUT2D eigenvalue weighted by atomic mass is 9.88. The topological polar surface area (TPSA) is 38.1 Å². The number of fused-ring (bicyclic) bond motifs is 1. The van der Waals surface area contributed by atoms with E-state index < -0.39 is 0 Å². The molecular weight excluding hydrogens is 406 g/mol. The number of rotatable bonds is 5. The third-order valence-corrected chi connectivity index (χ3v) is 8.02. The largest absolute Gasteiger partial charge is 0.335 e. The summed E-state index contributed by atoms with van der Waals surface area (Å²) in [7, 11) is 0. The third-order valence-electron chi connectivity index (χ3n) is 8.02. The molecule has 0 saturated heterocycles. The van der Waals surface area contributed by atoms with Gasteiger partial charge in [0.25, 0.3) is 0 Å². The zero-order valence-electron chi connectivity index (χ0n) is 20.2. The molecule has 174 valence electrons. The molecule has 2 aromatic carbocycles. The Morgan fingerprint density at radius 3 is 2.18 bits per heavy atom. The van der Waals surface area contributed by atoms with Gasteiger partial charge in [0, 0.05) is 17.6 Å². The first-order valence-electron chi connectivity index (χ1n) is 13.0. The second kappa shape index (κ2) is 9.70. The molecule has 0 aliphatic heterocycles. The number of imidazole rings is 1. The van der Waals surface area contributed by atoms with E-state index in [9.17, 15) is 4.79 Å². The van der Waals surface area contributed by atoms with Crippen molar-refractivity contribution in [1.82, 2.24) is 14.5 Å². The summed E-state index contributed by atoms with van der Waals surface area (Å²) in [6, 6.07) is 15.5. The molecule has 33 heavy (non-hydrogen) atoms. The van der Waals surface area contributed by atoms with E-state index in [4.69, 9.17) is 4.98 Å². The van der Waals surface area contributed by atoms with Crippen molar-refractivity contribution in [1.29, 1.82) is 0 Å². The Labute approximate surface area is 198 Å². The maximum Gasteiger partial charge on any atom is 0.243 e. The van der Waals surface area contributed by atoms with Crippen molar-refractivity contribution in [3.8, 4) is 11.4 Å².